The van der Waals surface area contributed by atoms with E-state index in [1.807, 2.05) is 13.8 Å². The molecule has 2 aromatic rings. The van der Waals surface area contributed by atoms with Crippen molar-refractivity contribution in [2.75, 3.05) is 0 Å². The Morgan fingerprint density at radius 3 is 2.12 bits per heavy atom. The molecule has 0 saturated heterocycles. The number of amides is 2. The Kier molecular flexibility index (Phi) is 6.92. The van der Waals surface area contributed by atoms with Gasteiger partial charge in [0, 0.05) is 5.70 Å². The lowest BCUT2D eigenvalue weighted by Gasteiger charge is -2.31. The number of carbonyl (C=O) groups excluding carboxylic acids is 3. The average Bonchev–Trinajstić information content (AvgIpc) is 2.73. The van der Waals surface area contributed by atoms with Crippen LogP contribution in [0.4, 0.5) is 9.18 Å². The summed E-state index contributed by atoms with van der Waals surface area (Å²) in [7, 11) is 0. The van der Waals surface area contributed by atoms with Crippen molar-refractivity contribution < 1.29 is 28.2 Å². The molecule has 2 amide bonds. The number of benzene rings is 2. The molecular formula is C24H25FN2O5. The number of carbonyl (C=O) groups is 3. The molecule has 2 N–H and O–H groups in total. The third kappa shape index (κ3) is 5.32. The van der Waals surface area contributed by atoms with Gasteiger partial charge in [0.1, 0.15) is 11.6 Å². The van der Waals surface area contributed by atoms with Gasteiger partial charge in [-0.1, -0.05) is 26.0 Å². The monoisotopic (exact) mass is 440 g/mol. The minimum atomic E-state index is -0.728. The number of ether oxygens (including phenoxy) is 2. The first-order valence-electron chi connectivity index (χ1n) is 10.3. The molecule has 0 radical (unpaired) electrons. The molecule has 32 heavy (non-hydrogen) atoms. The van der Waals surface area contributed by atoms with E-state index in [9.17, 15) is 18.8 Å². The van der Waals surface area contributed by atoms with Gasteiger partial charge in [0.2, 0.25) is 0 Å². The second kappa shape index (κ2) is 9.64. The molecule has 0 saturated carbocycles. The Bertz CT molecular complexity index is 1040. The number of urea groups is 1. The summed E-state index contributed by atoms with van der Waals surface area (Å²) in [6.45, 7) is 7.25. The Hall–Kier alpha value is -3.68. The molecule has 0 spiro atoms. The van der Waals surface area contributed by atoms with Crippen LogP contribution in [0.3, 0.4) is 0 Å². The van der Waals surface area contributed by atoms with Crippen LogP contribution in [-0.4, -0.2) is 24.1 Å². The van der Waals surface area contributed by atoms with Crippen LogP contribution in [0.2, 0.25) is 0 Å². The molecule has 8 heteroatoms. The summed E-state index contributed by atoms with van der Waals surface area (Å²) < 4.78 is 23.8. The van der Waals surface area contributed by atoms with Crippen molar-refractivity contribution >= 4 is 18.0 Å². The molecule has 0 fully saturated rings. The summed E-state index contributed by atoms with van der Waals surface area (Å²) in [6, 6.07) is 10.3. The highest BCUT2D eigenvalue weighted by Crippen LogP contribution is 2.31. The Morgan fingerprint density at radius 1 is 0.938 bits per heavy atom. The summed E-state index contributed by atoms with van der Waals surface area (Å²) >= 11 is 0. The molecule has 1 aliphatic rings. The van der Waals surface area contributed by atoms with E-state index >= 15 is 0 Å². The summed E-state index contributed by atoms with van der Waals surface area (Å²) in [5.41, 5.74) is 1.65. The number of esters is 2. The molecular weight excluding hydrogens is 415 g/mol. The van der Waals surface area contributed by atoms with Crippen LogP contribution in [0.5, 0.6) is 5.75 Å². The predicted octanol–water partition coefficient (Wildman–Crippen LogP) is 4.26. The molecule has 168 valence electrons. The first-order valence-corrected chi connectivity index (χ1v) is 10.3. The third-order valence-electron chi connectivity index (χ3n) is 4.75. The minimum absolute atomic E-state index is 0.116. The van der Waals surface area contributed by atoms with Gasteiger partial charge >= 0.3 is 18.0 Å². The zero-order valence-corrected chi connectivity index (χ0v) is 18.3. The molecule has 0 aliphatic carbocycles. The molecule has 2 aromatic carbocycles. The number of hydrogen-bond donors (Lipinski definition) is 2. The van der Waals surface area contributed by atoms with Crippen LogP contribution in [0.25, 0.3) is 0 Å². The number of allylic oxidation sites excluding steroid dienone is 1. The van der Waals surface area contributed by atoms with Gasteiger partial charge in [-0.15, -0.1) is 0 Å². The number of halogens is 1. The van der Waals surface area contributed by atoms with Crippen molar-refractivity contribution in [3.63, 3.8) is 0 Å². The Balaban J connectivity index is 1.87. The average molecular weight is 440 g/mol. The summed E-state index contributed by atoms with van der Waals surface area (Å²) in [6.07, 6.45) is -0.324. The molecule has 3 rings (SSSR count). The number of rotatable bonds is 6. The number of nitrogens with one attached hydrogen (secondary N) is 2. The standard InChI is InChI=1S/C24H25FN2O5/c1-13(2)20-19(23(29)31-14(3)4)21(27-24(30)26-20)15-7-11-18(12-8-15)32-22(28)16-5-9-17(25)10-6-16/h5-14,21H,1-4H3,(H2,26,27,30). The SMILES string of the molecule is CC(C)OC(=O)C1=C(C(C)C)NC(=O)NC1c1ccc(OC(=O)c2ccc(F)cc2)cc1. The van der Waals surface area contributed by atoms with Gasteiger partial charge in [-0.2, -0.15) is 0 Å². The maximum absolute atomic E-state index is 13.0. The quantitative estimate of drug-likeness (QED) is 0.517. The highest BCUT2D eigenvalue weighted by atomic mass is 19.1. The van der Waals surface area contributed by atoms with E-state index in [1.165, 1.54) is 24.3 Å². The van der Waals surface area contributed by atoms with E-state index in [1.54, 1.807) is 38.1 Å². The fourth-order valence-electron chi connectivity index (χ4n) is 3.28. The van der Waals surface area contributed by atoms with Gasteiger partial charge in [0.05, 0.1) is 23.3 Å². The summed E-state index contributed by atoms with van der Waals surface area (Å²) in [5.74, 6) is -1.45. The van der Waals surface area contributed by atoms with E-state index in [0.29, 0.717) is 16.8 Å². The van der Waals surface area contributed by atoms with E-state index in [4.69, 9.17) is 9.47 Å². The number of hydrogen-bond acceptors (Lipinski definition) is 5. The maximum atomic E-state index is 13.0. The smallest absolute Gasteiger partial charge is 0.343 e. The highest BCUT2D eigenvalue weighted by Gasteiger charge is 2.35. The zero-order valence-electron chi connectivity index (χ0n) is 18.3. The second-order valence-corrected chi connectivity index (χ2v) is 7.93. The fourth-order valence-corrected chi connectivity index (χ4v) is 3.28. The minimum Gasteiger partial charge on any atom is -0.459 e. The van der Waals surface area contributed by atoms with Crippen molar-refractivity contribution in [3.05, 3.63) is 76.7 Å². The largest absolute Gasteiger partial charge is 0.459 e. The van der Waals surface area contributed by atoms with Crippen molar-refractivity contribution in [3.8, 4) is 5.75 Å². The fraction of sp³-hybridized carbons (Fsp3) is 0.292. The van der Waals surface area contributed by atoms with Crippen molar-refractivity contribution in [2.45, 2.75) is 39.8 Å². The molecule has 7 nitrogen and oxygen atoms in total. The lowest BCUT2D eigenvalue weighted by Crippen LogP contribution is -2.47. The van der Waals surface area contributed by atoms with Gasteiger partial charge in [-0.05, 0) is 61.7 Å². The second-order valence-electron chi connectivity index (χ2n) is 7.93. The van der Waals surface area contributed by atoms with Gasteiger partial charge < -0.3 is 20.1 Å². The van der Waals surface area contributed by atoms with Crippen LogP contribution < -0.4 is 15.4 Å². The zero-order chi connectivity index (χ0) is 23.4. The van der Waals surface area contributed by atoms with Gasteiger partial charge in [-0.3, -0.25) is 0 Å². The highest BCUT2D eigenvalue weighted by molar-refractivity contribution is 5.95. The predicted molar refractivity (Wildman–Crippen MR) is 115 cm³/mol. The van der Waals surface area contributed by atoms with E-state index in [0.717, 1.165) is 0 Å². The summed E-state index contributed by atoms with van der Waals surface area (Å²) in [4.78, 5) is 37.3. The molecule has 1 unspecified atom stereocenters. The van der Waals surface area contributed by atoms with Crippen LogP contribution in [-0.2, 0) is 9.53 Å². The van der Waals surface area contributed by atoms with Crippen LogP contribution in [0.1, 0.15) is 49.7 Å². The maximum Gasteiger partial charge on any atom is 0.343 e. The van der Waals surface area contributed by atoms with Crippen molar-refractivity contribution in [2.24, 2.45) is 5.92 Å². The van der Waals surface area contributed by atoms with E-state index in [-0.39, 0.29) is 23.3 Å². The van der Waals surface area contributed by atoms with Gasteiger partial charge in [0.25, 0.3) is 0 Å². The van der Waals surface area contributed by atoms with Gasteiger partial charge in [-0.25, -0.2) is 18.8 Å². The first-order chi connectivity index (χ1) is 15.2. The Labute approximate surface area is 185 Å². The van der Waals surface area contributed by atoms with E-state index in [2.05, 4.69) is 10.6 Å². The summed E-state index contributed by atoms with van der Waals surface area (Å²) in [5, 5.41) is 5.47. The van der Waals surface area contributed by atoms with Crippen LogP contribution in [0.15, 0.2) is 59.8 Å². The molecule has 0 bridgehead atoms. The first kappa shape index (κ1) is 23.0. The normalized spacial score (nSPS) is 16.0. The van der Waals surface area contributed by atoms with Crippen LogP contribution in [0, 0.1) is 11.7 Å². The molecule has 0 aromatic heterocycles. The molecule has 1 atom stereocenters. The van der Waals surface area contributed by atoms with Crippen molar-refractivity contribution in [1.29, 1.82) is 0 Å². The van der Waals surface area contributed by atoms with Crippen molar-refractivity contribution in [1.82, 2.24) is 10.6 Å². The van der Waals surface area contributed by atoms with E-state index < -0.39 is 29.8 Å². The van der Waals surface area contributed by atoms with Crippen LogP contribution >= 0.6 is 0 Å². The lowest BCUT2D eigenvalue weighted by atomic mass is 9.91. The molecule has 1 heterocycles. The molecule has 1 aliphatic heterocycles. The topological polar surface area (TPSA) is 93.7 Å². The lowest BCUT2D eigenvalue weighted by molar-refractivity contribution is -0.143. The van der Waals surface area contributed by atoms with Gasteiger partial charge in [0.15, 0.2) is 0 Å². The Morgan fingerprint density at radius 2 is 1.56 bits per heavy atom. The third-order valence-corrected chi connectivity index (χ3v) is 4.75.